The van der Waals surface area contributed by atoms with E-state index in [1.165, 1.54) is 36.2 Å². The monoisotopic (exact) mass is 387 g/mol. The van der Waals surface area contributed by atoms with E-state index >= 15 is 0 Å². The van der Waals surface area contributed by atoms with Crippen molar-refractivity contribution in [3.63, 3.8) is 0 Å². The normalized spacial score (nSPS) is 27.4. The molecule has 3 rings (SSSR count). The molecule has 3 aliphatic rings. The smallest absolute Gasteiger partial charge is 0 e. The molecule has 20 heavy (non-hydrogen) atoms. The fourth-order valence-corrected chi connectivity index (χ4v) is 9.71. The van der Waals surface area contributed by atoms with Crippen molar-refractivity contribution in [1.29, 1.82) is 0 Å². The Labute approximate surface area is 143 Å². The van der Waals surface area contributed by atoms with Gasteiger partial charge < -0.3 is 0 Å². The standard InChI is InChI=1S/C18H33P.Ag/c1-4-10-16(11-5-1)19(17-12-6-2-7-13-17)18-14-8-3-9-15-18;/h16-18H,1-15H2;. The summed E-state index contributed by atoms with van der Waals surface area (Å²) >= 11 is 0. The predicted molar refractivity (Wildman–Crippen MR) is 87.5 cm³/mol. The van der Waals surface area contributed by atoms with Crippen LogP contribution in [-0.2, 0) is 22.4 Å². The third-order valence-corrected chi connectivity index (χ3v) is 10.1. The molecule has 3 fully saturated rings. The third kappa shape index (κ3) is 4.58. The Balaban J connectivity index is 0.00000147. The van der Waals surface area contributed by atoms with Crippen molar-refractivity contribution in [3.8, 4) is 0 Å². The van der Waals surface area contributed by atoms with E-state index in [2.05, 4.69) is 0 Å². The van der Waals surface area contributed by atoms with Gasteiger partial charge in [-0.1, -0.05) is 65.7 Å². The molecule has 0 aromatic rings. The van der Waals surface area contributed by atoms with Gasteiger partial charge in [0.15, 0.2) is 0 Å². The van der Waals surface area contributed by atoms with Crippen molar-refractivity contribution < 1.29 is 22.4 Å². The molecule has 0 bridgehead atoms. The fourth-order valence-electron chi connectivity index (χ4n) is 5.03. The molecule has 3 saturated carbocycles. The van der Waals surface area contributed by atoms with Gasteiger partial charge in [-0.2, -0.15) is 0 Å². The summed E-state index contributed by atoms with van der Waals surface area (Å²) in [5.41, 5.74) is 3.57. The minimum atomic E-state index is 0. The van der Waals surface area contributed by atoms with Crippen LogP contribution in [0.5, 0.6) is 0 Å². The van der Waals surface area contributed by atoms with Gasteiger partial charge >= 0.3 is 0 Å². The quantitative estimate of drug-likeness (QED) is 0.384. The molecule has 0 atom stereocenters. The van der Waals surface area contributed by atoms with E-state index in [0.29, 0.717) is 7.92 Å². The first-order valence-electron chi connectivity index (χ1n) is 9.22. The van der Waals surface area contributed by atoms with Gasteiger partial charge in [-0.25, -0.2) is 0 Å². The molecule has 3 aliphatic carbocycles. The van der Waals surface area contributed by atoms with Crippen molar-refractivity contribution in [2.75, 3.05) is 0 Å². The van der Waals surface area contributed by atoms with Crippen LogP contribution in [0.3, 0.4) is 0 Å². The minimum Gasteiger partial charge on any atom is -0.0971 e. The van der Waals surface area contributed by atoms with Crippen LogP contribution in [0.25, 0.3) is 0 Å². The van der Waals surface area contributed by atoms with E-state index in [1.807, 2.05) is 0 Å². The Morgan fingerprint density at radius 3 is 0.900 bits per heavy atom. The van der Waals surface area contributed by atoms with Crippen molar-refractivity contribution in [2.45, 2.75) is 113 Å². The molecule has 0 unspecified atom stereocenters. The summed E-state index contributed by atoms with van der Waals surface area (Å²) in [7, 11) is 0.385. The van der Waals surface area contributed by atoms with E-state index in [4.69, 9.17) is 0 Å². The average molecular weight is 388 g/mol. The van der Waals surface area contributed by atoms with Crippen LogP contribution in [0.15, 0.2) is 0 Å². The van der Waals surface area contributed by atoms with Crippen molar-refractivity contribution >= 4 is 7.92 Å². The Bertz CT molecular complexity index is 207. The van der Waals surface area contributed by atoms with E-state index in [-0.39, 0.29) is 22.4 Å². The van der Waals surface area contributed by atoms with Gasteiger partial charge in [0.05, 0.1) is 0 Å². The molecule has 121 valence electrons. The summed E-state index contributed by atoms with van der Waals surface area (Å²) in [4.78, 5) is 0. The first-order valence-corrected chi connectivity index (χ1v) is 10.8. The maximum atomic E-state index is 1.61. The van der Waals surface area contributed by atoms with Gasteiger partial charge in [0.2, 0.25) is 0 Å². The van der Waals surface area contributed by atoms with Crippen LogP contribution < -0.4 is 0 Å². The van der Waals surface area contributed by atoms with Gasteiger partial charge in [-0.05, 0) is 55.5 Å². The van der Waals surface area contributed by atoms with Gasteiger partial charge in [0.25, 0.3) is 0 Å². The second-order valence-electron chi connectivity index (χ2n) is 7.32. The van der Waals surface area contributed by atoms with Crippen LogP contribution in [0.4, 0.5) is 0 Å². The summed E-state index contributed by atoms with van der Waals surface area (Å²) in [6.07, 6.45) is 23.6. The van der Waals surface area contributed by atoms with Crippen LogP contribution in [-0.4, -0.2) is 17.0 Å². The molecule has 0 N–H and O–H groups in total. The summed E-state index contributed by atoms with van der Waals surface area (Å²) in [6, 6.07) is 0. The molecule has 0 aromatic carbocycles. The predicted octanol–water partition coefficient (Wildman–Crippen LogP) is 6.46. The van der Waals surface area contributed by atoms with Crippen LogP contribution in [0.2, 0.25) is 0 Å². The van der Waals surface area contributed by atoms with Crippen LogP contribution in [0, 0.1) is 0 Å². The minimum absolute atomic E-state index is 0. The molecular formula is C18H33AgP. The Kier molecular flexibility index (Phi) is 8.18. The van der Waals surface area contributed by atoms with Crippen molar-refractivity contribution in [3.05, 3.63) is 0 Å². The number of hydrogen-bond donors (Lipinski definition) is 0. The average Bonchev–Trinajstić information content (AvgIpc) is 2.51. The van der Waals surface area contributed by atoms with Crippen LogP contribution >= 0.6 is 7.92 Å². The molecule has 1 radical (unpaired) electrons. The van der Waals surface area contributed by atoms with Crippen molar-refractivity contribution in [1.82, 2.24) is 0 Å². The van der Waals surface area contributed by atoms with Gasteiger partial charge in [-0.15, -0.1) is 0 Å². The Morgan fingerprint density at radius 1 is 0.400 bits per heavy atom. The zero-order valence-corrected chi connectivity index (χ0v) is 15.5. The van der Waals surface area contributed by atoms with Crippen LogP contribution in [0.1, 0.15) is 96.3 Å². The van der Waals surface area contributed by atoms with E-state index in [9.17, 15) is 0 Å². The maximum absolute atomic E-state index is 1.61. The molecule has 0 spiro atoms. The molecular weight excluding hydrogens is 355 g/mol. The second kappa shape index (κ2) is 9.34. The van der Waals surface area contributed by atoms with Crippen molar-refractivity contribution in [2.24, 2.45) is 0 Å². The Morgan fingerprint density at radius 2 is 0.650 bits per heavy atom. The fraction of sp³-hybridized carbons (Fsp3) is 1.00. The molecule has 0 nitrogen and oxygen atoms in total. The SMILES string of the molecule is C1CCC(P(C2CCCCC2)C2CCCCC2)CC1.[Ag]. The molecule has 0 amide bonds. The van der Waals surface area contributed by atoms with E-state index in [1.54, 1.807) is 77.0 Å². The maximum Gasteiger partial charge on any atom is 0 e. The van der Waals surface area contributed by atoms with E-state index in [0.717, 1.165) is 0 Å². The van der Waals surface area contributed by atoms with E-state index < -0.39 is 0 Å². The topological polar surface area (TPSA) is 0 Å². The number of rotatable bonds is 3. The van der Waals surface area contributed by atoms with Gasteiger partial charge in [-0.3, -0.25) is 0 Å². The summed E-state index contributed by atoms with van der Waals surface area (Å²) < 4.78 is 0. The zero-order valence-electron chi connectivity index (χ0n) is 13.1. The summed E-state index contributed by atoms with van der Waals surface area (Å²) in [6.45, 7) is 0. The number of hydrogen-bond acceptors (Lipinski definition) is 0. The second-order valence-corrected chi connectivity index (χ2v) is 10.4. The first-order chi connectivity index (χ1) is 9.45. The molecule has 0 saturated heterocycles. The van der Waals surface area contributed by atoms with Gasteiger partial charge in [0, 0.05) is 22.4 Å². The summed E-state index contributed by atoms with van der Waals surface area (Å²) in [5, 5.41) is 0. The largest absolute Gasteiger partial charge is 0.0971 e. The first kappa shape index (κ1) is 17.5. The molecule has 0 aromatic heterocycles. The molecule has 2 heteroatoms. The Hall–Kier alpha value is 1.17. The molecule has 0 aliphatic heterocycles. The summed E-state index contributed by atoms with van der Waals surface area (Å²) in [5.74, 6) is 0. The zero-order chi connectivity index (χ0) is 12.9. The third-order valence-electron chi connectivity index (χ3n) is 5.99. The molecule has 0 heterocycles. The van der Waals surface area contributed by atoms with Gasteiger partial charge in [0.1, 0.15) is 0 Å².